The molecule has 1 aromatic heterocycles. The number of amides is 2. The van der Waals surface area contributed by atoms with E-state index in [-0.39, 0.29) is 6.10 Å². The number of carbonyl (C=O) groups is 1. The molecule has 0 spiro atoms. The molecule has 3 aromatic rings. The molecule has 0 aliphatic carbocycles. The number of hydrogen-bond acceptors (Lipinski definition) is 4. The Morgan fingerprint density at radius 2 is 1.89 bits per heavy atom. The van der Waals surface area contributed by atoms with Gasteiger partial charge in [-0.2, -0.15) is 0 Å². The van der Waals surface area contributed by atoms with E-state index in [2.05, 4.69) is 42.2 Å². The maximum atomic E-state index is 11.4. The molecule has 0 saturated carbocycles. The average Bonchev–Trinajstić information content (AvgIpc) is 2.75. The largest absolute Gasteiger partial charge is 0.490 e. The van der Waals surface area contributed by atoms with Gasteiger partial charge in [-0.05, 0) is 41.8 Å². The van der Waals surface area contributed by atoms with Crippen LogP contribution in [0, 0.1) is 6.92 Å². The lowest BCUT2D eigenvalue weighted by Crippen LogP contribution is -2.45. The zero-order valence-corrected chi connectivity index (χ0v) is 15.8. The van der Waals surface area contributed by atoms with Crippen LogP contribution in [-0.2, 0) is 0 Å². The molecule has 0 bridgehead atoms. The molecule has 2 heterocycles. The summed E-state index contributed by atoms with van der Waals surface area (Å²) in [5.74, 6) is 0.824. The molecule has 6 heteroatoms. The molecule has 1 saturated heterocycles. The Labute approximate surface area is 163 Å². The highest BCUT2D eigenvalue weighted by Crippen LogP contribution is 2.30. The smallest absolute Gasteiger partial charge is 0.341 e. The summed E-state index contributed by atoms with van der Waals surface area (Å²) in [6.07, 6.45) is 3.38. The highest BCUT2D eigenvalue weighted by atomic mass is 16.5. The first-order chi connectivity index (χ1) is 13.7. The zero-order chi connectivity index (χ0) is 19.5. The molecule has 2 N–H and O–H groups in total. The number of piperidine rings is 1. The second-order valence-corrected chi connectivity index (χ2v) is 7.06. The monoisotopic (exact) mass is 377 g/mol. The van der Waals surface area contributed by atoms with Gasteiger partial charge in [-0.3, -0.25) is 10.2 Å². The van der Waals surface area contributed by atoms with Gasteiger partial charge in [0.05, 0.1) is 5.52 Å². The SMILES string of the molecule is Cc1c(-c2ccc(OC3CCN(C(=O)NO)CC3)cc2)ccc2cccnc12. The summed E-state index contributed by atoms with van der Waals surface area (Å²) in [6, 6.07) is 15.9. The van der Waals surface area contributed by atoms with E-state index in [1.54, 1.807) is 10.4 Å². The maximum Gasteiger partial charge on any atom is 0.341 e. The summed E-state index contributed by atoms with van der Waals surface area (Å²) in [4.78, 5) is 17.5. The Morgan fingerprint density at radius 1 is 1.14 bits per heavy atom. The van der Waals surface area contributed by atoms with Gasteiger partial charge in [-0.25, -0.2) is 10.3 Å². The quantitative estimate of drug-likeness (QED) is 0.531. The molecule has 2 aromatic carbocycles. The Kier molecular flexibility index (Phi) is 5.12. The van der Waals surface area contributed by atoms with Gasteiger partial charge in [0, 0.05) is 37.5 Å². The molecule has 4 rings (SSSR count). The van der Waals surface area contributed by atoms with Crippen molar-refractivity contribution >= 4 is 16.9 Å². The molecule has 1 aliphatic rings. The summed E-state index contributed by atoms with van der Waals surface area (Å²) < 4.78 is 6.08. The third-order valence-electron chi connectivity index (χ3n) is 5.32. The molecule has 28 heavy (non-hydrogen) atoms. The van der Waals surface area contributed by atoms with Crippen molar-refractivity contribution in [1.82, 2.24) is 15.4 Å². The van der Waals surface area contributed by atoms with Gasteiger partial charge in [0.15, 0.2) is 0 Å². The number of benzene rings is 2. The first-order valence-electron chi connectivity index (χ1n) is 9.46. The first-order valence-corrected chi connectivity index (χ1v) is 9.46. The minimum atomic E-state index is -0.456. The molecule has 2 amide bonds. The van der Waals surface area contributed by atoms with E-state index in [9.17, 15) is 4.79 Å². The van der Waals surface area contributed by atoms with Gasteiger partial charge < -0.3 is 9.64 Å². The first kappa shape index (κ1) is 18.3. The number of urea groups is 1. The van der Waals surface area contributed by atoms with Crippen LogP contribution in [0.2, 0.25) is 0 Å². The van der Waals surface area contributed by atoms with Crippen LogP contribution in [0.1, 0.15) is 18.4 Å². The number of rotatable bonds is 3. The zero-order valence-electron chi connectivity index (χ0n) is 15.8. The molecule has 0 radical (unpaired) electrons. The number of hydrogen-bond donors (Lipinski definition) is 2. The lowest BCUT2D eigenvalue weighted by atomic mass is 9.98. The van der Waals surface area contributed by atoms with E-state index in [1.807, 2.05) is 24.4 Å². The number of aryl methyl sites for hydroxylation is 1. The van der Waals surface area contributed by atoms with Crippen molar-refractivity contribution in [3.05, 3.63) is 60.3 Å². The summed E-state index contributed by atoms with van der Waals surface area (Å²) in [7, 11) is 0. The highest BCUT2D eigenvalue weighted by molar-refractivity contribution is 5.88. The van der Waals surface area contributed by atoms with Crippen LogP contribution in [0.15, 0.2) is 54.7 Å². The van der Waals surface area contributed by atoms with E-state index >= 15 is 0 Å². The fraction of sp³-hybridized carbons (Fsp3) is 0.273. The second-order valence-electron chi connectivity index (χ2n) is 7.06. The topological polar surface area (TPSA) is 74.7 Å². The minimum Gasteiger partial charge on any atom is -0.490 e. The Hall–Kier alpha value is -3.12. The molecule has 0 atom stereocenters. The van der Waals surface area contributed by atoms with E-state index in [1.165, 1.54) is 11.1 Å². The van der Waals surface area contributed by atoms with Crippen LogP contribution in [0.5, 0.6) is 5.75 Å². The van der Waals surface area contributed by atoms with E-state index in [4.69, 9.17) is 9.94 Å². The van der Waals surface area contributed by atoms with Crippen molar-refractivity contribution in [3.8, 4) is 16.9 Å². The van der Waals surface area contributed by atoms with Crippen molar-refractivity contribution in [2.75, 3.05) is 13.1 Å². The molecule has 144 valence electrons. The van der Waals surface area contributed by atoms with E-state index in [0.717, 1.165) is 35.1 Å². The average molecular weight is 377 g/mol. The third-order valence-corrected chi connectivity index (χ3v) is 5.32. The van der Waals surface area contributed by atoms with Gasteiger partial charge in [0.1, 0.15) is 11.9 Å². The van der Waals surface area contributed by atoms with E-state index < -0.39 is 6.03 Å². The maximum absolute atomic E-state index is 11.4. The second kappa shape index (κ2) is 7.86. The number of likely N-dealkylation sites (tertiary alicyclic amines) is 1. The van der Waals surface area contributed by atoms with Crippen LogP contribution >= 0.6 is 0 Å². The van der Waals surface area contributed by atoms with Gasteiger partial charge in [0.25, 0.3) is 0 Å². The van der Waals surface area contributed by atoms with Crippen LogP contribution in [0.3, 0.4) is 0 Å². The van der Waals surface area contributed by atoms with Gasteiger partial charge in [0.2, 0.25) is 0 Å². The molecule has 1 aliphatic heterocycles. The van der Waals surface area contributed by atoms with Gasteiger partial charge >= 0.3 is 6.03 Å². The number of hydroxylamine groups is 1. The van der Waals surface area contributed by atoms with Crippen LogP contribution < -0.4 is 10.2 Å². The molecule has 0 unspecified atom stereocenters. The fourth-order valence-corrected chi connectivity index (χ4v) is 3.76. The number of pyridine rings is 1. The molecular weight excluding hydrogens is 354 g/mol. The van der Waals surface area contributed by atoms with Crippen molar-refractivity contribution in [1.29, 1.82) is 0 Å². The van der Waals surface area contributed by atoms with Crippen molar-refractivity contribution in [3.63, 3.8) is 0 Å². The standard InChI is InChI=1S/C22H23N3O3/c1-15-20(9-6-17-3-2-12-23-21(15)17)16-4-7-18(8-5-16)28-19-10-13-25(14-11-19)22(26)24-27/h2-9,12,19,27H,10-11,13-14H2,1H3,(H,24,26). The van der Waals surface area contributed by atoms with Crippen LogP contribution in [-0.4, -0.2) is 40.3 Å². The Balaban J connectivity index is 1.45. The van der Waals surface area contributed by atoms with Gasteiger partial charge in [-0.15, -0.1) is 0 Å². The Bertz CT molecular complexity index is 980. The number of nitrogens with zero attached hydrogens (tertiary/aromatic N) is 2. The summed E-state index contributed by atoms with van der Waals surface area (Å²) >= 11 is 0. The normalized spacial score (nSPS) is 14.9. The number of fused-ring (bicyclic) bond motifs is 1. The predicted octanol–water partition coefficient (Wildman–Crippen LogP) is 4.15. The number of ether oxygens (including phenoxy) is 1. The lowest BCUT2D eigenvalue weighted by molar-refractivity contribution is 0.0882. The summed E-state index contributed by atoms with van der Waals surface area (Å²) in [5.41, 5.74) is 6.17. The minimum absolute atomic E-state index is 0.0696. The lowest BCUT2D eigenvalue weighted by Gasteiger charge is -2.31. The number of nitrogens with one attached hydrogen (secondary N) is 1. The summed E-state index contributed by atoms with van der Waals surface area (Å²) in [6.45, 7) is 3.24. The molecule has 6 nitrogen and oxygen atoms in total. The van der Waals surface area contributed by atoms with Gasteiger partial charge in [-0.1, -0.05) is 30.3 Å². The highest BCUT2D eigenvalue weighted by Gasteiger charge is 2.23. The molecular formula is C22H23N3O3. The third kappa shape index (κ3) is 3.64. The predicted molar refractivity (Wildman–Crippen MR) is 107 cm³/mol. The van der Waals surface area contributed by atoms with Crippen LogP contribution in [0.25, 0.3) is 22.0 Å². The number of aromatic nitrogens is 1. The van der Waals surface area contributed by atoms with E-state index in [0.29, 0.717) is 13.1 Å². The summed E-state index contributed by atoms with van der Waals surface area (Å²) in [5, 5.41) is 9.85. The van der Waals surface area contributed by atoms with Crippen LogP contribution in [0.4, 0.5) is 4.79 Å². The van der Waals surface area contributed by atoms with Crippen molar-refractivity contribution in [2.45, 2.75) is 25.9 Å². The fourth-order valence-electron chi connectivity index (χ4n) is 3.76. The van der Waals surface area contributed by atoms with Crippen molar-refractivity contribution < 1.29 is 14.7 Å². The Morgan fingerprint density at radius 3 is 2.61 bits per heavy atom. The number of carbonyl (C=O) groups excluding carboxylic acids is 1. The molecule has 1 fully saturated rings. The van der Waals surface area contributed by atoms with Crippen molar-refractivity contribution in [2.24, 2.45) is 0 Å².